The maximum atomic E-state index is 13.5. The average Bonchev–Trinajstić information content (AvgIpc) is 2.81. The zero-order valence-corrected chi connectivity index (χ0v) is 13.2. The summed E-state index contributed by atoms with van der Waals surface area (Å²) in [4.78, 5) is 2.42. The van der Waals surface area contributed by atoms with Crippen molar-refractivity contribution in [2.45, 2.75) is 19.3 Å². The minimum atomic E-state index is -2.42. The number of aliphatic hydroxyl groups excluding tert-OH is 1. The average molecular weight is 302 g/mol. The fourth-order valence-electron chi connectivity index (χ4n) is 3.68. The molecule has 1 atom stereocenters. The molecule has 3 rings (SSSR count). The Hall–Kier alpha value is 0.0300. The SMILES string of the molecule is O=P12N3CCCN1CCN2CCCN(CCCO)CC3. The van der Waals surface area contributed by atoms with Gasteiger partial charge in [-0.3, -0.25) is 4.57 Å². The first kappa shape index (κ1) is 14.9. The van der Waals surface area contributed by atoms with Gasteiger partial charge in [0.1, 0.15) is 0 Å². The first-order valence-electron chi connectivity index (χ1n) is 7.94. The second-order valence-electron chi connectivity index (χ2n) is 6.00. The predicted octanol–water partition coefficient (Wildman–Crippen LogP) is 0.506. The van der Waals surface area contributed by atoms with Crippen LogP contribution >= 0.6 is 7.59 Å². The maximum Gasteiger partial charge on any atom is 0.287 e. The Balaban J connectivity index is 1.72. The summed E-state index contributed by atoms with van der Waals surface area (Å²) in [6.07, 6.45) is 3.05. The molecule has 116 valence electrons. The van der Waals surface area contributed by atoms with Crippen molar-refractivity contribution in [2.75, 3.05) is 65.5 Å². The molecule has 0 aliphatic carbocycles. The van der Waals surface area contributed by atoms with Gasteiger partial charge in [-0.15, -0.1) is 0 Å². The Kier molecular flexibility index (Phi) is 4.80. The second-order valence-corrected chi connectivity index (χ2v) is 8.72. The number of aliphatic hydroxyl groups is 1. The van der Waals surface area contributed by atoms with E-state index in [2.05, 4.69) is 18.9 Å². The molecule has 3 aliphatic heterocycles. The first-order valence-corrected chi connectivity index (χ1v) is 9.51. The van der Waals surface area contributed by atoms with Crippen LogP contribution in [0.2, 0.25) is 0 Å². The van der Waals surface area contributed by atoms with Gasteiger partial charge in [0, 0.05) is 59.0 Å². The molecule has 0 aromatic carbocycles. The standard InChI is InChI=1S/C13H27N4O2P/c18-13-3-5-14-4-1-6-16-11-12-17-8-2-7-15(10-9-14)20(16,17)19/h18H,1-13H2. The van der Waals surface area contributed by atoms with Crippen LogP contribution in [0.15, 0.2) is 0 Å². The highest BCUT2D eigenvalue weighted by Gasteiger charge is 2.49. The van der Waals surface area contributed by atoms with Crippen molar-refractivity contribution in [1.29, 1.82) is 0 Å². The molecule has 0 aromatic heterocycles. The quantitative estimate of drug-likeness (QED) is 0.767. The fourth-order valence-corrected chi connectivity index (χ4v) is 7.01. The molecular formula is C13H27N4O2P. The molecule has 3 fully saturated rings. The minimum Gasteiger partial charge on any atom is -0.396 e. The molecule has 20 heavy (non-hydrogen) atoms. The van der Waals surface area contributed by atoms with Gasteiger partial charge in [-0.1, -0.05) is 0 Å². The van der Waals surface area contributed by atoms with Crippen molar-refractivity contribution in [3.8, 4) is 0 Å². The fraction of sp³-hybridized carbons (Fsp3) is 1.00. The van der Waals surface area contributed by atoms with Gasteiger partial charge in [0.25, 0.3) is 7.59 Å². The number of hydrogen-bond acceptors (Lipinski definition) is 3. The van der Waals surface area contributed by atoms with Crippen molar-refractivity contribution in [3.05, 3.63) is 0 Å². The van der Waals surface area contributed by atoms with Crippen LogP contribution in [-0.2, 0) is 4.57 Å². The Morgan fingerprint density at radius 1 is 0.800 bits per heavy atom. The van der Waals surface area contributed by atoms with Crippen LogP contribution in [0.1, 0.15) is 19.3 Å². The highest BCUT2D eigenvalue weighted by atomic mass is 31.2. The first-order chi connectivity index (χ1) is 9.75. The van der Waals surface area contributed by atoms with E-state index in [1.165, 1.54) is 0 Å². The third-order valence-electron chi connectivity index (χ3n) is 4.75. The molecule has 0 saturated carbocycles. The van der Waals surface area contributed by atoms with Gasteiger partial charge < -0.3 is 10.0 Å². The van der Waals surface area contributed by atoms with Gasteiger partial charge in [-0.2, -0.15) is 0 Å². The van der Waals surface area contributed by atoms with Crippen molar-refractivity contribution in [1.82, 2.24) is 18.9 Å². The molecule has 3 saturated heterocycles. The lowest BCUT2D eigenvalue weighted by Crippen LogP contribution is -2.42. The Morgan fingerprint density at radius 2 is 1.35 bits per heavy atom. The summed E-state index contributed by atoms with van der Waals surface area (Å²) in [5.41, 5.74) is 0. The van der Waals surface area contributed by atoms with E-state index in [1.807, 2.05) is 0 Å². The van der Waals surface area contributed by atoms with E-state index in [0.29, 0.717) is 0 Å². The second kappa shape index (κ2) is 6.42. The van der Waals surface area contributed by atoms with Crippen LogP contribution in [0.3, 0.4) is 0 Å². The van der Waals surface area contributed by atoms with Gasteiger partial charge in [0.05, 0.1) is 0 Å². The van der Waals surface area contributed by atoms with Crippen LogP contribution in [0.4, 0.5) is 0 Å². The summed E-state index contributed by atoms with van der Waals surface area (Å²) in [7, 11) is -2.42. The van der Waals surface area contributed by atoms with E-state index < -0.39 is 7.59 Å². The third kappa shape index (κ3) is 2.70. The summed E-state index contributed by atoms with van der Waals surface area (Å²) in [5, 5.41) is 9.00. The molecule has 0 spiro atoms. The number of nitrogens with zero attached hydrogens (tertiary/aromatic N) is 4. The van der Waals surface area contributed by atoms with Crippen LogP contribution in [-0.4, -0.2) is 89.5 Å². The highest BCUT2D eigenvalue weighted by Crippen LogP contribution is 2.61. The smallest absolute Gasteiger partial charge is 0.287 e. The van der Waals surface area contributed by atoms with Crippen LogP contribution in [0.25, 0.3) is 0 Å². The molecule has 6 nitrogen and oxygen atoms in total. The van der Waals surface area contributed by atoms with Crippen LogP contribution in [0, 0.1) is 0 Å². The normalized spacial score (nSPS) is 34.5. The van der Waals surface area contributed by atoms with Gasteiger partial charge in [-0.05, 0) is 25.8 Å². The number of rotatable bonds is 3. The minimum absolute atomic E-state index is 0.263. The molecule has 0 aromatic rings. The van der Waals surface area contributed by atoms with Gasteiger partial charge in [-0.25, -0.2) is 14.0 Å². The molecular weight excluding hydrogens is 275 g/mol. The largest absolute Gasteiger partial charge is 0.396 e. The van der Waals surface area contributed by atoms with E-state index >= 15 is 0 Å². The topological polar surface area (TPSA) is 50.3 Å². The van der Waals surface area contributed by atoms with Crippen molar-refractivity contribution >= 4 is 7.59 Å². The number of hydrogen-bond donors (Lipinski definition) is 1. The molecule has 0 amide bonds. The Bertz CT molecular complexity index is 381. The third-order valence-corrected chi connectivity index (χ3v) is 8.16. The van der Waals surface area contributed by atoms with E-state index in [0.717, 1.165) is 78.2 Å². The van der Waals surface area contributed by atoms with Gasteiger partial charge in [0.15, 0.2) is 0 Å². The van der Waals surface area contributed by atoms with Crippen LogP contribution < -0.4 is 0 Å². The highest BCUT2D eigenvalue weighted by molar-refractivity contribution is 7.56. The predicted molar refractivity (Wildman–Crippen MR) is 79.7 cm³/mol. The molecule has 0 radical (unpaired) electrons. The van der Waals surface area contributed by atoms with E-state index in [4.69, 9.17) is 5.11 Å². The summed E-state index contributed by atoms with van der Waals surface area (Å²) < 4.78 is 20.2. The zero-order valence-electron chi connectivity index (χ0n) is 12.3. The molecule has 0 bridgehead atoms. The molecule has 1 N–H and O–H groups in total. The van der Waals surface area contributed by atoms with Crippen molar-refractivity contribution < 1.29 is 9.67 Å². The maximum absolute atomic E-state index is 13.5. The molecule has 1 unspecified atom stereocenters. The summed E-state index contributed by atoms with van der Waals surface area (Å²) in [6.45, 7) is 9.01. The van der Waals surface area contributed by atoms with E-state index in [9.17, 15) is 4.57 Å². The molecule has 3 heterocycles. The lowest BCUT2D eigenvalue weighted by Gasteiger charge is -2.42. The molecule has 7 heteroatoms. The Labute approximate surface area is 121 Å². The monoisotopic (exact) mass is 302 g/mol. The summed E-state index contributed by atoms with van der Waals surface area (Å²) in [5.74, 6) is 0. The van der Waals surface area contributed by atoms with Crippen LogP contribution in [0.5, 0.6) is 0 Å². The Morgan fingerprint density at radius 3 is 1.95 bits per heavy atom. The van der Waals surface area contributed by atoms with E-state index in [1.54, 1.807) is 0 Å². The zero-order chi connectivity index (χ0) is 14.0. The van der Waals surface area contributed by atoms with Gasteiger partial charge in [0.2, 0.25) is 0 Å². The van der Waals surface area contributed by atoms with Gasteiger partial charge >= 0.3 is 0 Å². The lowest BCUT2D eigenvalue weighted by atomic mass is 10.3. The molecule has 3 aliphatic rings. The summed E-state index contributed by atoms with van der Waals surface area (Å²) >= 11 is 0. The lowest BCUT2D eigenvalue weighted by molar-refractivity contribution is 0.206. The van der Waals surface area contributed by atoms with Crippen molar-refractivity contribution in [2.24, 2.45) is 0 Å². The summed E-state index contributed by atoms with van der Waals surface area (Å²) in [6, 6.07) is 0. The van der Waals surface area contributed by atoms with E-state index in [-0.39, 0.29) is 6.61 Å². The van der Waals surface area contributed by atoms with Crippen molar-refractivity contribution in [3.63, 3.8) is 0 Å².